The van der Waals surface area contributed by atoms with Crippen LogP contribution in [0.5, 0.6) is 0 Å². The molecule has 0 bridgehead atoms. The first-order valence-electron chi connectivity index (χ1n) is 7.57. The van der Waals surface area contributed by atoms with Crippen molar-refractivity contribution >= 4 is 18.1 Å². The zero-order chi connectivity index (χ0) is 18.5. The third kappa shape index (κ3) is 5.50. The van der Waals surface area contributed by atoms with Gasteiger partial charge in [-0.15, -0.1) is 0 Å². The molecule has 5 nitrogen and oxygen atoms in total. The molecule has 1 aliphatic rings. The van der Waals surface area contributed by atoms with E-state index in [9.17, 15) is 27.6 Å². The van der Waals surface area contributed by atoms with Crippen molar-refractivity contribution in [3.63, 3.8) is 0 Å². The lowest BCUT2D eigenvalue weighted by molar-refractivity contribution is -0.139. The molecule has 134 valence electrons. The van der Waals surface area contributed by atoms with Gasteiger partial charge in [0, 0.05) is 5.70 Å². The summed E-state index contributed by atoms with van der Waals surface area (Å²) in [6, 6.07) is -0.842. The Morgan fingerprint density at radius 1 is 1.33 bits per heavy atom. The van der Waals surface area contributed by atoms with Gasteiger partial charge in [-0.05, 0) is 24.3 Å². The van der Waals surface area contributed by atoms with Crippen LogP contribution in [0.3, 0.4) is 0 Å². The minimum Gasteiger partial charge on any atom is -0.338 e. The standard InChI is InChI=1S/C16H21F3N2O3/c1-4-5-10(9-22)20-13(23)14(24)21-12-6-7-15(2,3)8-11(12)16(17,18)19/h6-7,9-10H,4-5,8H2,1-3H3,(H,20,23)(H,21,24). The first-order chi connectivity index (χ1) is 11.0. The quantitative estimate of drug-likeness (QED) is 0.593. The molecular weight excluding hydrogens is 325 g/mol. The Kier molecular flexibility index (Phi) is 6.34. The Bertz CT molecular complexity index is 578. The van der Waals surface area contributed by atoms with Crippen molar-refractivity contribution in [3.8, 4) is 0 Å². The van der Waals surface area contributed by atoms with Crippen molar-refractivity contribution in [2.24, 2.45) is 5.41 Å². The van der Waals surface area contributed by atoms with Crippen molar-refractivity contribution in [3.05, 3.63) is 23.4 Å². The number of carbonyl (C=O) groups is 3. The Morgan fingerprint density at radius 2 is 1.96 bits per heavy atom. The Balaban J connectivity index is 2.90. The third-order valence-corrected chi connectivity index (χ3v) is 3.54. The Morgan fingerprint density at radius 3 is 2.46 bits per heavy atom. The van der Waals surface area contributed by atoms with Crippen molar-refractivity contribution in [1.29, 1.82) is 0 Å². The largest absolute Gasteiger partial charge is 0.414 e. The topological polar surface area (TPSA) is 75.3 Å². The fourth-order valence-corrected chi connectivity index (χ4v) is 2.29. The first-order valence-corrected chi connectivity index (χ1v) is 7.57. The third-order valence-electron chi connectivity index (χ3n) is 3.54. The number of hydrogen-bond acceptors (Lipinski definition) is 3. The molecule has 0 aromatic heterocycles. The van der Waals surface area contributed by atoms with E-state index >= 15 is 0 Å². The van der Waals surface area contributed by atoms with Gasteiger partial charge in [-0.3, -0.25) is 9.59 Å². The summed E-state index contributed by atoms with van der Waals surface area (Å²) in [5, 5.41) is 4.17. The maximum atomic E-state index is 13.2. The molecule has 0 spiro atoms. The average molecular weight is 346 g/mol. The summed E-state index contributed by atoms with van der Waals surface area (Å²) in [5.74, 6) is -2.38. The first kappa shape index (κ1) is 19.9. The smallest absolute Gasteiger partial charge is 0.338 e. The Hall–Kier alpha value is -2.12. The van der Waals surface area contributed by atoms with Gasteiger partial charge < -0.3 is 15.4 Å². The van der Waals surface area contributed by atoms with E-state index in [4.69, 9.17) is 0 Å². The summed E-state index contributed by atoms with van der Waals surface area (Å²) in [5.41, 5.74) is -2.04. The summed E-state index contributed by atoms with van der Waals surface area (Å²) in [6.07, 6.45) is -0.800. The lowest BCUT2D eigenvalue weighted by Crippen LogP contribution is -2.45. The molecule has 0 saturated carbocycles. The van der Waals surface area contributed by atoms with Crippen LogP contribution in [0, 0.1) is 5.41 Å². The number of amides is 2. The van der Waals surface area contributed by atoms with Crippen LogP contribution < -0.4 is 10.6 Å². The van der Waals surface area contributed by atoms with Crippen LogP contribution in [0.15, 0.2) is 23.4 Å². The molecule has 0 aromatic carbocycles. The van der Waals surface area contributed by atoms with E-state index in [2.05, 4.69) is 5.32 Å². The lowest BCUT2D eigenvalue weighted by atomic mass is 9.80. The van der Waals surface area contributed by atoms with Gasteiger partial charge in [0.25, 0.3) is 0 Å². The van der Waals surface area contributed by atoms with E-state index in [1.807, 2.05) is 5.32 Å². The average Bonchev–Trinajstić information content (AvgIpc) is 2.47. The summed E-state index contributed by atoms with van der Waals surface area (Å²) >= 11 is 0. The molecule has 2 N–H and O–H groups in total. The number of hydrogen-bond donors (Lipinski definition) is 2. The molecule has 24 heavy (non-hydrogen) atoms. The second-order valence-corrected chi connectivity index (χ2v) is 6.35. The van der Waals surface area contributed by atoms with Gasteiger partial charge in [-0.2, -0.15) is 13.2 Å². The van der Waals surface area contributed by atoms with Gasteiger partial charge >= 0.3 is 18.0 Å². The van der Waals surface area contributed by atoms with Crippen LogP contribution in [0.4, 0.5) is 13.2 Å². The predicted molar refractivity (Wildman–Crippen MR) is 81.7 cm³/mol. The summed E-state index contributed by atoms with van der Waals surface area (Å²) in [4.78, 5) is 34.3. The zero-order valence-corrected chi connectivity index (χ0v) is 13.8. The van der Waals surface area contributed by atoms with Crippen molar-refractivity contribution in [2.75, 3.05) is 0 Å². The van der Waals surface area contributed by atoms with E-state index in [0.29, 0.717) is 19.1 Å². The highest BCUT2D eigenvalue weighted by Gasteiger charge is 2.40. The predicted octanol–water partition coefficient (Wildman–Crippen LogP) is 2.39. The number of halogens is 3. The molecule has 1 atom stereocenters. The van der Waals surface area contributed by atoms with Crippen LogP contribution >= 0.6 is 0 Å². The second kappa shape index (κ2) is 7.63. The van der Waals surface area contributed by atoms with Gasteiger partial charge in [0.15, 0.2) is 0 Å². The van der Waals surface area contributed by atoms with E-state index in [-0.39, 0.29) is 6.42 Å². The molecule has 0 fully saturated rings. The van der Waals surface area contributed by atoms with Crippen molar-refractivity contribution in [2.45, 2.75) is 52.3 Å². The van der Waals surface area contributed by atoms with Gasteiger partial charge in [-0.25, -0.2) is 0 Å². The van der Waals surface area contributed by atoms with E-state index < -0.39 is 40.7 Å². The summed E-state index contributed by atoms with van der Waals surface area (Å²) < 4.78 is 39.5. The SMILES string of the molecule is CCCC(C=O)NC(=O)C(=O)NC1=C(C(F)(F)F)CC(C)(C)C=C1. The number of carbonyl (C=O) groups excluding carboxylic acids is 3. The van der Waals surface area contributed by atoms with Crippen molar-refractivity contribution in [1.82, 2.24) is 10.6 Å². The number of allylic oxidation sites excluding steroid dienone is 3. The molecule has 0 aliphatic heterocycles. The molecule has 1 unspecified atom stereocenters. The van der Waals surface area contributed by atoms with E-state index in [0.717, 1.165) is 6.08 Å². The summed E-state index contributed by atoms with van der Waals surface area (Å²) in [7, 11) is 0. The van der Waals surface area contributed by atoms with E-state index in [1.165, 1.54) is 0 Å². The van der Waals surface area contributed by atoms with Gasteiger partial charge in [0.2, 0.25) is 0 Å². The number of aldehydes is 1. The molecule has 2 amide bonds. The van der Waals surface area contributed by atoms with E-state index in [1.54, 1.807) is 26.8 Å². The summed E-state index contributed by atoms with van der Waals surface area (Å²) in [6.45, 7) is 5.07. The molecular formula is C16H21F3N2O3. The van der Waals surface area contributed by atoms with Crippen LogP contribution in [0.2, 0.25) is 0 Å². The monoisotopic (exact) mass is 346 g/mol. The number of alkyl halides is 3. The molecule has 0 heterocycles. The maximum Gasteiger partial charge on any atom is 0.414 e. The molecule has 1 rings (SSSR count). The van der Waals surface area contributed by atoms with Gasteiger partial charge in [0.1, 0.15) is 6.29 Å². The molecule has 0 saturated heterocycles. The molecule has 0 radical (unpaired) electrons. The van der Waals surface area contributed by atoms with Crippen LogP contribution in [-0.2, 0) is 14.4 Å². The lowest BCUT2D eigenvalue weighted by Gasteiger charge is -2.29. The van der Waals surface area contributed by atoms with Crippen LogP contribution in [0.25, 0.3) is 0 Å². The van der Waals surface area contributed by atoms with Crippen molar-refractivity contribution < 1.29 is 27.6 Å². The van der Waals surface area contributed by atoms with Crippen LogP contribution in [-0.4, -0.2) is 30.3 Å². The van der Waals surface area contributed by atoms with Crippen LogP contribution in [0.1, 0.15) is 40.0 Å². The Labute approximate surface area is 138 Å². The minimum atomic E-state index is -4.62. The van der Waals surface area contributed by atoms with Gasteiger partial charge in [-0.1, -0.05) is 33.3 Å². The second-order valence-electron chi connectivity index (χ2n) is 6.35. The van der Waals surface area contributed by atoms with Gasteiger partial charge in [0.05, 0.1) is 11.6 Å². The minimum absolute atomic E-state index is 0.309. The molecule has 8 heteroatoms. The maximum absolute atomic E-state index is 13.2. The fourth-order valence-electron chi connectivity index (χ4n) is 2.29. The molecule has 1 aliphatic carbocycles. The highest BCUT2D eigenvalue weighted by atomic mass is 19.4. The number of rotatable bonds is 5. The highest BCUT2D eigenvalue weighted by molar-refractivity contribution is 6.35. The fraction of sp³-hybridized carbons (Fsp3) is 0.562. The zero-order valence-electron chi connectivity index (χ0n) is 13.8. The highest BCUT2D eigenvalue weighted by Crippen LogP contribution is 2.40. The normalized spacial score (nSPS) is 18.1. The molecule has 0 aromatic rings. The number of nitrogens with one attached hydrogen (secondary N) is 2.